The van der Waals surface area contributed by atoms with Crippen LogP contribution >= 0.6 is 11.8 Å². The summed E-state index contributed by atoms with van der Waals surface area (Å²) in [6.45, 7) is 1.96. The van der Waals surface area contributed by atoms with Gasteiger partial charge in [-0.2, -0.15) is 0 Å². The van der Waals surface area contributed by atoms with Gasteiger partial charge in [-0.3, -0.25) is 0 Å². The Morgan fingerprint density at radius 2 is 0.958 bits per heavy atom. The molecular formula is C41H42O6S. The van der Waals surface area contributed by atoms with Crippen LogP contribution < -0.4 is 4.74 Å². The van der Waals surface area contributed by atoms with E-state index < -0.39 is 24.4 Å². The molecule has 0 aliphatic carbocycles. The second kappa shape index (κ2) is 18.0. The minimum Gasteiger partial charge on any atom is -0.497 e. The lowest BCUT2D eigenvalue weighted by Crippen LogP contribution is -2.60. The van der Waals surface area contributed by atoms with Crippen LogP contribution in [0.5, 0.6) is 5.75 Å². The Morgan fingerprint density at radius 1 is 0.500 bits per heavy atom. The maximum Gasteiger partial charge on any atom is 0.137 e. The maximum atomic E-state index is 6.94. The summed E-state index contributed by atoms with van der Waals surface area (Å²) < 4.78 is 39.0. The highest BCUT2D eigenvalue weighted by Crippen LogP contribution is 2.38. The zero-order valence-electron chi connectivity index (χ0n) is 27.1. The second-order valence-corrected chi connectivity index (χ2v) is 12.8. The highest BCUT2D eigenvalue weighted by Gasteiger charge is 2.49. The molecule has 0 aromatic heterocycles. The third-order valence-corrected chi connectivity index (χ3v) is 9.31. The van der Waals surface area contributed by atoms with Crippen molar-refractivity contribution in [2.75, 3.05) is 13.7 Å². The topological polar surface area (TPSA) is 55.4 Å². The van der Waals surface area contributed by atoms with Crippen LogP contribution in [0.15, 0.2) is 150 Å². The molecule has 0 N–H and O–H groups in total. The molecule has 5 aromatic carbocycles. The number of rotatable bonds is 16. The van der Waals surface area contributed by atoms with Crippen molar-refractivity contribution in [1.82, 2.24) is 0 Å². The molecule has 1 aliphatic heterocycles. The summed E-state index contributed by atoms with van der Waals surface area (Å²) in [5.41, 5.74) is 3.88. The number of methoxy groups -OCH3 is 1. The lowest BCUT2D eigenvalue weighted by Gasteiger charge is -2.46. The number of thioether (sulfide) groups is 1. The smallest absolute Gasteiger partial charge is 0.137 e. The van der Waals surface area contributed by atoms with Crippen molar-refractivity contribution < 1.29 is 28.4 Å². The normalized spacial score (nSPS) is 20.7. The average molecular weight is 663 g/mol. The van der Waals surface area contributed by atoms with Crippen LogP contribution in [-0.2, 0) is 50.1 Å². The first-order valence-electron chi connectivity index (χ1n) is 16.3. The van der Waals surface area contributed by atoms with Crippen LogP contribution in [0.4, 0.5) is 0 Å². The third kappa shape index (κ3) is 9.80. The van der Waals surface area contributed by atoms with E-state index in [1.807, 2.05) is 97.1 Å². The molecular weight excluding hydrogens is 621 g/mol. The quantitative estimate of drug-likeness (QED) is 0.105. The molecule has 1 fully saturated rings. The maximum absolute atomic E-state index is 6.94. The molecule has 0 amide bonds. The summed E-state index contributed by atoms with van der Waals surface area (Å²) in [5.74, 6) is 0.810. The van der Waals surface area contributed by atoms with Gasteiger partial charge in [-0.25, -0.2) is 0 Å². The van der Waals surface area contributed by atoms with Crippen molar-refractivity contribution in [3.63, 3.8) is 0 Å². The largest absolute Gasteiger partial charge is 0.497 e. The van der Waals surface area contributed by atoms with Crippen molar-refractivity contribution in [2.24, 2.45) is 0 Å². The van der Waals surface area contributed by atoms with Crippen LogP contribution in [-0.4, -0.2) is 43.6 Å². The van der Waals surface area contributed by atoms with E-state index in [0.717, 1.165) is 32.9 Å². The summed E-state index contributed by atoms with van der Waals surface area (Å²) >= 11 is 1.64. The average Bonchev–Trinajstić information content (AvgIpc) is 3.15. The van der Waals surface area contributed by atoms with E-state index in [2.05, 4.69) is 48.5 Å². The minimum atomic E-state index is -0.474. The summed E-state index contributed by atoms with van der Waals surface area (Å²) in [4.78, 5) is 1.08. The van der Waals surface area contributed by atoms with Gasteiger partial charge >= 0.3 is 0 Å². The standard InChI is InChI=1S/C41H42O6S/c1-42-35-24-22-34(23-25-35)26-43-30-37-38(44-27-31-14-6-2-7-15-31)39(45-28-32-16-8-3-9-17-32)40(46-29-33-18-10-4-11-19-33)41(47-37)48-36-20-12-5-13-21-36/h2-25,37-41H,26-30H2,1H3/t37-,38+,39+,40-,41+/m1/s1. The van der Waals surface area contributed by atoms with Crippen LogP contribution in [0, 0.1) is 0 Å². The van der Waals surface area contributed by atoms with E-state index in [1.54, 1.807) is 18.9 Å². The molecule has 0 spiro atoms. The fourth-order valence-electron chi connectivity index (χ4n) is 5.62. The van der Waals surface area contributed by atoms with Crippen molar-refractivity contribution >= 4 is 11.8 Å². The fourth-order valence-corrected chi connectivity index (χ4v) is 6.77. The number of hydrogen-bond acceptors (Lipinski definition) is 7. The lowest BCUT2D eigenvalue weighted by molar-refractivity contribution is -0.254. The summed E-state index contributed by atoms with van der Waals surface area (Å²) in [6, 6.07) is 48.8. The van der Waals surface area contributed by atoms with Crippen LogP contribution in [0.25, 0.3) is 0 Å². The molecule has 7 heteroatoms. The van der Waals surface area contributed by atoms with Crippen molar-refractivity contribution in [3.8, 4) is 5.75 Å². The molecule has 248 valence electrons. The summed E-state index contributed by atoms with van der Waals surface area (Å²) in [5, 5.41) is 0. The van der Waals surface area contributed by atoms with Crippen molar-refractivity contribution in [3.05, 3.63) is 168 Å². The molecule has 1 heterocycles. The highest BCUT2D eigenvalue weighted by atomic mass is 32.2. The number of hydrogen-bond donors (Lipinski definition) is 0. The molecule has 6 rings (SSSR count). The summed E-state index contributed by atoms with van der Waals surface area (Å²) in [6.07, 6.45) is -1.80. The van der Waals surface area contributed by atoms with Gasteiger partial charge in [-0.05, 0) is 46.5 Å². The SMILES string of the molecule is COc1ccc(COC[C@H]2O[C@@H](Sc3ccccc3)[C@H](OCc3ccccc3)[C@@H](OCc3ccccc3)[C@H]2OCc2ccccc2)cc1. The van der Waals surface area contributed by atoms with E-state index in [9.17, 15) is 0 Å². The third-order valence-electron chi connectivity index (χ3n) is 8.15. The van der Waals surface area contributed by atoms with E-state index >= 15 is 0 Å². The van der Waals surface area contributed by atoms with Crippen molar-refractivity contribution in [1.29, 1.82) is 0 Å². The van der Waals surface area contributed by atoms with Gasteiger partial charge in [0.05, 0.1) is 40.1 Å². The van der Waals surface area contributed by atoms with Gasteiger partial charge in [0.1, 0.15) is 35.6 Å². The molecule has 5 atom stereocenters. The Labute approximate surface area is 287 Å². The zero-order valence-corrected chi connectivity index (χ0v) is 28.0. The van der Waals surface area contributed by atoms with Gasteiger partial charge in [0.2, 0.25) is 0 Å². The fraction of sp³-hybridized carbons (Fsp3) is 0.268. The van der Waals surface area contributed by atoms with E-state index in [-0.39, 0.29) is 5.44 Å². The Morgan fingerprint density at radius 3 is 1.48 bits per heavy atom. The summed E-state index contributed by atoms with van der Waals surface area (Å²) in [7, 11) is 1.67. The minimum absolute atomic E-state index is 0.313. The first-order valence-corrected chi connectivity index (χ1v) is 17.2. The molecule has 48 heavy (non-hydrogen) atoms. The van der Waals surface area contributed by atoms with Gasteiger partial charge in [-0.1, -0.05) is 133 Å². The molecule has 1 saturated heterocycles. The Bertz CT molecular complexity index is 1610. The second-order valence-electron chi connectivity index (χ2n) is 11.6. The van der Waals surface area contributed by atoms with Crippen LogP contribution in [0.2, 0.25) is 0 Å². The molecule has 5 aromatic rings. The van der Waals surface area contributed by atoms with E-state index in [1.165, 1.54) is 0 Å². The van der Waals surface area contributed by atoms with E-state index in [4.69, 9.17) is 28.4 Å². The van der Waals surface area contributed by atoms with Gasteiger partial charge in [0.25, 0.3) is 0 Å². The molecule has 0 bridgehead atoms. The first-order chi connectivity index (χ1) is 23.7. The zero-order chi connectivity index (χ0) is 32.8. The molecule has 6 nitrogen and oxygen atoms in total. The molecule has 0 saturated carbocycles. The Hall–Kier alpha value is -3.95. The van der Waals surface area contributed by atoms with Gasteiger partial charge in [0, 0.05) is 4.90 Å². The monoisotopic (exact) mass is 662 g/mol. The number of ether oxygens (including phenoxy) is 6. The number of benzene rings is 5. The molecule has 1 aliphatic rings. The molecule has 0 radical (unpaired) electrons. The Kier molecular flexibility index (Phi) is 12.7. The lowest BCUT2D eigenvalue weighted by atomic mass is 9.98. The van der Waals surface area contributed by atoms with Crippen molar-refractivity contribution in [2.45, 2.75) is 61.2 Å². The predicted octanol–water partition coefficient (Wildman–Crippen LogP) is 8.49. The molecule has 0 unspecified atom stereocenters. The van der Waals surface area contributed by atoms with Crippen LogP contribution in [0.1, 0.15) is 22.3 Å². The van der Waals surface area contributed by atoms with Gasteiger partial charge < -0.3 is 28.4 Å². The Balaban J connectivity index is 1.30. The van der Waals surface area contributed by atoms with Gasteiger partial charge in [0.15, 0.2) is 0 Å². The van der Waals surface area contributed by atoms with E-state index in [0.29, 0.717) is 33.0 Å². The first kappa shape index (κ1) is 33.9. The predicted molar refractivity (Wildman–Crippen MR) is 189 cm³/mol. The highest BCUT2D eigenvalue weighted by molar-refractivity contribution is 7.99. The van der Waals surface area contributed by atoms with Gasteiger partial charge in [-0.15, -0.1) is 0 Å². The van der Waals surface area contributed by atoms with Crippen LogP contribution in [0.3, 0.4) is 0 Å².